The lowest BCUT2D eigenvalue weighted by atomic mass is 10.3. The Hall–Kier alpha value is -2.21. The second kappa shape index (κ2) is 3.92. The summed E-state index contributed by atoms with van der Waals surface area (Å²) in [5, 5.41) is 2.99. The van der Waals surface area contributed by atoms with E-state index in [0.29, 0.717) is 10.4 Å². The Kier molecular flexibility index (Phi) is 2.38. The minimum absolute atomic E-state index is 0.141. The average Bonchev–Trinajstić information content (AvgIpc) is 2.72. The molecule has 0 atom stereocenters. The normalized spacial score (nSPS) is 10.9. The molecule has 0 saturated heterocycles. The van der Waals surface area contributed by atoms with Crippen LogP contribution in [0.1, 0.15) is 0 Å². The van der Waals surface area contributed by atoms with Gasteiger partial charge in [0.05, 0.1) is 12.7 Å². The molecule has 0 spiro atoms. The maximum Gasteiger partial charge on any atom is 0.372 e. The summed E-state index contributed by atoms with van der Waals surface area (Å²) in [6.45, 7) is 0. The standard InChI is InChI=1S/C12H10N4OS/c1-14-7-8-15-10(14)11(17)16(12(18)13-15)9-5-3-2-4-6-9/h2-8H,1H3/p+1. The summed E-state index contributed by atoms with van der Waals surface area (Å²) in [7, 11) is 1.82. The Balaban J connectivity index is 2.47. The zero-order valence-corrected chi connectivity index (χ0v) is 10.5. The highest BCUT2D eigenvalue weighted by molar-refractivity contribution is 7.71. The van der Waals surface area contributed by atoms with Crippen molar-refractivity contribution in [3.8, 4) is 5.69 Å². The zero-order valence-electron chi connectivity index (χ0n) is 9.70. The highest BCUT2D eigenvalue weighted by Crippen LogP contribution is 2.04. The van der Waals surface area contributed by atoms with Gasteiger partial charge >= 0.3 is 11.2 Å². The summed E-state index contributed by atoms with van der Waals surface area (Å²) >= 11 is 5.24. The number of hydrogen-bond acceptors (Lipinski definition) is 2. The van der Waals surface area contributed by atoms with Crippen molar-refractivity contribution in [2.24, 2.45) is 7.05 Å². The Bertz CT molecular complexity index is 829. The van der Waals surface area contributed by atoms with Crippen molar-refractivity contribution in [1.29, 1.82) is 0 Å². The van der Waals surface area contributed by atoms with E-state index in [1.165, 1.54) is 4.57 Å². The maximum atomic E-state index is 12.5. The molecule has 0 aliphatic rings. The maximum absolute atomic E-state index is 12.5. The number of para-hydroxylation sites is 1. The fourth-order valence-electron chi connectivity index (χ4n) is 1.98. The van der Waals surface area contributed by atoms with Gasteiger partial charge in [0.15, 0.2) is 6.20 Å². The third-order valence-corrected chi connectivity index (χ3v) is 3.10. The van der Waals surface area contributed by atoms with Crippen molar-refractivity contribution in [1.82, 2.24) is 14.2 Å². The highest BCUT2D eigenvalue weighted by Gasteiger charge is 2.16. The predicted molar refractivity (Wildman–Crippen MR) is 69.4 cm³/mol. The summed E-state index contributed by atoms with van der Waals surface area (Å²) in [6, 6.07) is 9.35. The zero-order chi connectivity index (χ0) is 12.7. The monoisotopic (exact) mass is 259 g/mol. The van der Waals surface area contributed by atoms with Crippen LogP contribution in [0.25, 0.3) is 11.3 Å². The second-order valence-electron chi connectivity index (χ2n) is 4.00. The third kappa shape index (κ3) is 1.50. The number of nitrogens with one attached hydrogen (secondary N) is 1. The smallest absolute Gasteiger partial charge is 0.259 e. The number of aryl methyl sites for hydroxylation is 1. The summed E-state index contributed by atoms with van der Waals surface area (Å²) in [6.07, 6.45) is 3.57. The van der Waals surface area contributed by atoms with Crippen molar-refractivity contribution < 1.29 is 4.57 Å². The number of fused-ring (bicyclic) bond motifs is 1. The van der Waals surface area contributed by atoms with Gasteiger partial charge in [-0.05, 0) is 24.4 Å². The first kappa shape index (κ1) is 10.9. The first-order valence-electron chi connectivity index (χ1n) is 5.46. The largest absolute Gasteiger partial charge is 0.372 e. The molecule has 0 radical (unpaired) electrons. The molecule has 0 bridgehead atoms. The van der Waals surface area contributed by atoms with Crippen LogP contribution in [0.15, 0.2) is 47.5 Å². The lowest BCUT2D eigenvalue weighted by molar-refractivity contribution is -0.645. The van der Waals surface area contributed by atoms with E-state index in [-0.39, 0.29) is 5.56 Å². The molecule has 18 heavy (non-hydrogen) atoms. The second-order valence-corrected chi connectivity index (χ2v) is 4.38. The number of rotatable bonds is 1. The molecule has 6 heteroatoms. The molecule has 0 unspecified atom stereocenters. The number of hydrogen-bond donors (Lipinski definition) is 1. The van der Waals surface area contributed by atoms with Gasteiger partial charge in [0, 0.05) is 0 Å². The van der Waals surface area contributed by atoms with E-state index in [0.717, 1.165) is 5.69 Å². The van der Waals surface area contributed by atoms with Crippen molar-refractivity contribution in [3.63, 3.8) is 0 Å². The van der Waals surface area contributed by atoms with Crippen LogP contribution in [0.5, 0.6) is 0 Å². The number of imidazole rings is 1. The molecule has 90 valence electrons. The Labute approximate surface area is 108 Å². The van der Waals surface area contributed by atoms with E-state index in [4.69, 9.17) is 12.2 Å². The summed E-state index contributed by atoms with van der Waals surface area (Å²) in [5.74, 6) is 0. The molecule has 5 nitrogen and oxygen atoms in total. The minimum atomic E-state index is -0.141. The van der Waals surface area contributed by atoms with E-state index < -0.39 is 0 Å². The van der Waals surface area contributed by atoms with Gasteiger partial charge in [0.25, 0.3) is 0 Å². The van der Waals surface area contributed by atoms with Crippen LogP contribution in [-0.4, -0.2) is 14.2 Å². The number of nitrogens with zero attached hydrogens (tertiary/aromatic N) is 3. The molecule has 2 aromatic heterocycles. The van der Waals surface area contributed by atoms with Crippen LogP contribution in [0.4, 0.5) is 0 Å². The van der Waals surface area contributed by atoms with E-state index in [1.807, 2.05) is 37.4 Å². The average molecular weight is 259 g/mol. The number of aromatic amines is 1. The van der Waals surface area contributed by atoms with E-state index in [1.54, 1.807) is 21.5 Å². The SMILES string of the molecule is C[n+]1ccn2[nH]c(=S)n(-c3ccccc3)c(=O)c21. The van der Waals surface area contributed by atoms with Crippen LogP contribution in [0, 0.1) is 4.77 Å². The molecule has 0 aliphatic heterocycles. The molecule has 0 amide bonds. The van der Waals surface area contributed by atoms with Gasteiger partial charge in [0.2, 0.25) is 4.77 Å². The molecular weight excluding hydrogens is 248 g/mol. The van der Waals surface area contributed by atoms with Gasteiger partial charge in [0.1, 0.15) is 6.20 Å². The van der Waals surface area contributed by atoms with Gasteiger partial charge in [-0.1, -0.05) is 18.2 Å². The molecule has 0 aliphatic carbocycles. The van der Waals surface area contributed by atoms with Gasteiger partial charge < -0.3 is 0 Å². The number of benzene rings is 1. The fourth-order valence-corrected chi connectivity index (χ4v) is 2.27. The van der Waals surface area contributed by atoms with Gasteiger partial charge in [-0.25, -0.2) is 9.13 Å². The molecule has 0 fully saturated rings. The molecule has 1 aromatic carbocycles. The Morgan fingerprint density at radius 3 is 2.72 bits per heavy atom. The van der Waals surface area contributed by atoms with Gasteiger partial charge in [-0.3, -0.25) is 4.79 Å². The molecule has 1 N–H and O–H groups in total. The van der Waals surface area contributed by atoms with E-state index >= 15 is 0 Å². The molecular formula is C12H11N4OS+. The van der Waals surface area contributed by atoms with Crippen LogP contribution < -0.4 is 10.1 Å². The van der Waals surface area contributed by atoms with Crippen molar-refractivity contribution in [3.05, 3.63) is 57.9 Å². The van der Waals surface area contributed by atoms with Crippen LogP contribution in [0.3, 0.4) is 0 Å². The molecule has 3 aromatic rings. The Morgan fingerprint density at radius 2 is 2.00 bits per heavy atom. The number of aromatic nitrogens is 4. The lowest BCUT2D eigenvalue weighted by Crippen LogP contribution is -2.36. The summed E-state index contributed by atoms with van der Waals surface area (Å²) < 4.78 is 5.25. The van der Waals surface area contributed by atoms with Crippen molar-refractivity contribution in [2.75, 3.05) is 0 Å². The number of H-pyrrole nitrogens is 1. The first-order valence-corrected chi connectivity index (χ1v) is 5.87. The molecule has 2 heterocycles. The van der Waals surface area contributed by atoms with E-state index in [2.05, 4.69) is 5.10 Å². The predicted octanol–water partition coefficient (Wildman–Crippen LogP) is 0.972. The topological polar surface area (TPSA) is 46.1 Å². The van der Waals surface area contributed by atoms with Crippen LogP contribution in [-0.2, 0) is 7.05 Å². The highest BCUT2D eigenvalue weighted by atomic mass is 32.1. The minimum Gasteiger partial charge on any atom is -0.259 e. The summed E-state index contributed by atoms with van der Waals surface area (Å²) in [4.78, 5) is 12.5. The molecule has 3 rings (SSSR count). The molecule has 0 saturated carbocycles. The summed E-state index contributed by atoms with van der Waals surface area (Å²) in [5.41, 5.74) is 1.15. The van der Waals surface area contributed by atoms with Gasteiger partial charge in [-0.15, -0.1) is 4.52 Å². The lowest BCUT2D eigenvalue weighted by Gasteiger charge is -2.03. The third-order valence-electron chi connectivity index (χ3n) is 2.83. The van der Waals surface area contributed by atoms with Crippen LogP contribution in [0.2, 0.25) is 0 Å². The quantitative estimate of drug-likeness (QED) is 0.523. The fraction of sp³-hybridized carbons (Fsp3) is 0.0833. The van der Waals surface area contributed by atoms with Crippen LogP contribution >= 0.6 is 12.2 Å². The van der Waals surface area contributed by atoms with Crippen molar-refractivity contribution in [2.45, 2.75) is 0 Å². The van der Waals surface area contributed by atoms with Crippen molar-refractivity contribution >= 4 is 17.9 Å². The van der Waals surface area contributed by atoms with Gasteiger partial charge in [-0.2, -0.15) is 5.10 Å². The Morgan fingerprint density at radius 1 is 1.28 bits per heavy atom. The first-order chi connectivity index (χ1) is 8.68. The van der Waals surface area contributed by atoms with E-state index in [9.17, 15) is 4.79 Å².